The first-order chi connectivity index (χ1) is 17.9. The minimum absolute atomic E-state index is 0.0641. The van der Waals surface area contributed by atoms with Gasteiger partial charge < -0.3 is 26.4 Å². The van der Waals surface area contributed by atoms with Crippen LogP contribution in [0.15, 0.2) is 66.9 Å². The van der Waals surface area contributed by atoms with E-state index in [-0.39, 0.29) is 18.4 Å². The number of pyridine rings is 1. The van der Waals surface area contributed by atoms with Crippen LogP contribution >= 0.6 is 0 Å². The zero-order valence-corrected chi connectivity index (χ0v) is 20.6. The molecule has 4 rings (SSSR count). The number of nitrogens with zero attached hydrogens (tertiary/aromatic N) is 2. The Hall–Kier alpha value is -4.70. The molecule has 2 aromatic heterocycles. The minimum Gasteiger partial charge on any atom is -0.468 e. The van der Waals surface area contributed by atoms with Crippen molar-refractivity contribution in [3.05, 3.63) is 83.6 Å². The second kappa shape index (κ2) is 11.4. The summed E-state index contributed by atoms with van der Waals surface area (Å²) < 4.78 is 6.52. The number of benzene rings is 2. The SMILES string of the molecule is COC(=O)CNc1c(-c2ccc(NC(C)=O)cc2)nc2cc(C(=O)NCc3cccc(CN)c3)ccn12. The van der Waals surface area contributed by atoms with Crippen molar-refractivity contribution in [2.24, 2.45) is 5.73 Å². The molecule has 0 fully saturated rings. The Balaban J connectivity index is 1.62. The molecule has 2 heterocycles. The highest BCUT2D eigenvalue weighted by molar-refractivity contribution is 5.95. The molecule has 0 spiro atoms. The fourth-order valence-electron chi connectivity index (χ4n) is 3.85. The molecular weight excluding hydrogens is 472 g/mol. The van der Waals surface area contributed by atoms with Crippen LogP contribution in [0.4, 0.5) is 11.5 Å². The van der Waals surface area contributed by atoms with Gasteiger partial charge in [0.05, 0.1) is 7.11 Å². The summed E-state index contributed by atoms with van der Waals surface area (Å²) in [6, 6.07) is 18.3. The number of esters is 1. The molecule has 0 saturated carbocycles. The highest BCUT2D eigenvalue weighted by Crippen LogP contribution is 2.30. The van der Waals surface area contributed by atoms with E-state index in [0.717, 1.165) is 16.7 Å². The lowest BCUT2D eigenvalue weighted by Crippen LogP contribution is -2.23. The van der Waals surface area contributed by atoms with Crippen molar-refractivity contribution in [3.63, 3.8) is 0 Å². The number of methoxy groups -OCH3 is 1. The highest BCUT2D eigenvalue weighted by atomic mass is 16.5. The van der Waals surface area contributed by atoms with Crippen LogP contribution in [-0.4, -0.2) is 40.8 Å². The largest absolute Gasteiger partial charge is 0.468 e. The van der Waals surface area contributed by atoms with Gasteiger partial charge in [-0.3, -0.25) is 18.8 Å². The maximum absolute atomic E-state index is 12.9. The number of anilines is 2. The lowest BCUT2D eigenvalue weighted by Gasteiger charge is -2.09. The zero-order valence-electron chi connectivity index (χ0n) is 20.6. The molecule has 10 heteroatoms. The molecule has 2 amide bonds. The summed E-state index contributed by atoms with van der Waals surface area (Å²) in [6.45, 7) is 2.17. The Bertz CT molecular complexity index is 1450. The average Bonchev–Trinajstić information content (AvgIpc) is 3.28. The number of hydrogen-bond donors (Lipinski definition) is 4. The maximum atomic E-state index is 12.9. The number of carbonyl (C=O) groups is 3. The number of carbonyl (C=O) groups excluding carboxylic acids is 3. The van der Waals surface area contributed by atoms with Crippen LogP contribution in [-0.2, 0) is 27.4 Å². The van der Waals surface area contributed by atoms with Gasteiger partial charge in [-0.2, -0.15) is 0 Å². The number of hydrogen-bond acceptors (Lipinski definition) is 7. The number of nitrogens with two attached hydrogens (primary N) is 1. The fourth-order valence-corrected chi connectivity index (χ4v) is 3.85. The van der Waals surface area contributed by atoms with Gasteiger partial charge in [-0.1, -0.05) is 36.4 Å². The number of imidazole rings is 1. The van der Waals surface area contributed by atoms with Crippen molar-refractivity contribution in [1.82, 2.24) is 14.7 Å². The monoisotopic (exact) mass is 500 g/mol. The number of aromatic nitrogens is 2. The van der Waals surface area contributed by atoms with Gasteiger partial charge >= 0.3 is 5.97 Å². The molecule has 0 aliphatic carbocycles. The van der Waals surface area contributed by atoms with Crippen LogP contribution < -0.4 is 21.7 Å². The van der Waals surface area contributed by atoms with E-state index in [1.807, 2.05) is 36.4 Å². The molecule has 0 saturated heterocycles. The van der Waals surface area contributed by atoms with Crippen molar-refractivity contribution in [2.45, 2.75) is 20.0 Å². The molecule has 2 aromatic carbocycles. The van der Waals surface area contributed by atoms with Crippen LogP contribution in [0.1, 0.15) is 28.4 Å². The van der Waals surface area contributed by atoms with Gasteiger partial charge in [-0.15, -0.1) is 0 Å². The van der Waals surface area contributed by atoms with Gasteiger partial charge in [0.15, 0.2) is 0 Å². The predicted molar refractivity (Wildman–Crippen MR) is 141 cm³/mol. The number of rotatable bonds is 9. The molecule has 0 atom stereocenters. The summed E-state index contributed by atoms with van der Waals surface area (Å²) >= 11 is 0. The summed E-state index contributed by atoms with van der Waals surface area (Å²) in [7, 11) is 1.32. The fraction of sp³-hybridized carbons (Fsp3) is 0.185. The smallest absolute Gasteiger partial charge is 0.325 e. The Morgan fingerprint density at radius 3 is 2.49 bits per heavy atom. The van der Waals surface area contributed by atoms with Crippen LogP contribution in [0.25, 0.3) is 16.9 Å². The first-order valence-corrected chi connectivity index (χ1v) is 11.6. The first kappa shape index (κ1) is 25.4. The molecule has 5 N–H and O–H groups in total. The Labute approximate surface area is 213 Å². The standard InChI is InChI=1S/C27H28N6O4/c1-17(34)31-22-8-6-20(7-9-22)25-26(29-16-24(35)37-2)33-11-10-21(13-23(33)32-25)27(36)30-15-19-5-3-4-18(12-19)14-28/h3-13,29H,14-16,28H2,1-2H3,(H,30,36)(H,31,34). The second-order valence-corrected chi connectivity index (χ2v) is 8.35. The van der Waals surface area contributed by atoms with E-state index in [1.54, 1.807) is 34.9 Å². The van der Waals surface area contributed by atoms with E-state index in [4.69, 9.17) is 15.5 Å². The molecule has 0 radical (unpaired) electrons. The molecular formula is C27H28N6O4. The topological polar surface area (TPSA) is 140 Å². The number of ether oxygens (including phenoxy) is 1. The summed E-state index contributed by atoms with van der Waals surface area (Å²) in [6.07, 6.45) is 1.72. The lowest BCUT2D eigenvalue weighted by atomic mass is 10.1. The first-order valence-electron chi connectivity index (χ1n) is 11.6. The molecule has 0 unspecified atom stereocenters. The van der Waals surface area contributed by atoms with E-state index >= 15 is 0 Å². The predicted octanol–water partition coefficient (Wildman–Crippen LogP) is 2.93. The van der Waals surface area contributed by atoms with Gasteiger partial charge in [0.1, 0.15) is 23.7 Å². The van der Waals surface area contributed by atoms with Crippen LogP contribution in [0, 0.1) is 0 Å². The van der Waals surface area contributed by atoms with Gasteiger partial charge in [-0.25, -0.2) is 4.98 Å². The third-order valence-corrected chi connectivity index (χ3v) is 5.68. The summed E-state index contributed by atoms with van der Waals surface area (Å²) in [5.41, 5.74) is 10.6. The third kappa shape index (κ3) is 6.11. The molecule has 0 bridgehead atoms. The molecule has 37 heavy (non-hydrogen) atoms. The van der Waals surface area contributed by atoms with E-state index in [0.29, 0.717) is 41.5 Å². The maximum Gasteiger partial charge on any atom is 0.325 e. The quantitative estimate of drug-likeness (QED) is 0.259. The molecule has 0 aliphatic heterocycles. The highest BCUT2D eigenvalue weighted by Gasteiger charge is 2.17. The molecule has 190 valence electrons. The Kier molecular flexibility index (Phi) is 7.80. The van der Waals surface area contributed by atoms with Crippen LogP contribution in [0.5, 0.6) is 0 Å². The van der Waals surface area contributed by atoms with Crippen LogP contribution in [0.2, 0.25) is 0 Å². The van der Waals surface area contributed by atoms with Gasteiger partial charge in [0, 0.05) is 43.0 Å². The lowest BCUT2D eigenvalue weighted by molar-refractivity contribution is -0.138. The summed E-state index contributed by atoms with van der Waals surface area (Å²) in [5, 5.41) is 8.74. The third-order valence-electron chi connectivity index (χ3n) is 5.68. The van der Waals surface area contributed by atoms with E-state index in [2.05, 4.69) is 16.0 Å². The van der Waals surface area contributed by atoms with Crippen molar-refractivity contribution < 1.29 is 19.1 Å². The second-order valence-electron chi connectivity index (χ2n) is 8.35. The van der Waals surface area contributed by atoms with Crippen molar-refractivity contribution in [3.8, 4) is 11.3 Å². The number of amides is 2. The van der Waals surface area contributed by atoms with E-state index < -0.39 is 5.97 Å². The van der Waals surface area contributed by atoms with Gasteiger partial charge in [-0.05, 0) is 35.4 Å². The number of nitrogens with one attached hydrogen (secondary N) is 3. The van der Waals surface area contributed by atoms with Crippen molar-refractivity contribution in [1.29, 1.82) is 0 Å². The van der Waals surface area contributed by atoms with E-state index in [1.165, 1.54) is 14.0 Å². The zero-order chi connectivity index (χ0) is 26.4. The molecule has 0 aliphatic rings. The summed E-state index contributed by atoms with van der Waals surface area (Å²) in [4.78, 5) is 40.7. The van der Waals surface area contributed by atoms with Gasteiger partial charge in [0.2, 0.25) is 5.91 Å². The molecule has 4 aromatic rings. The normalized spacial score (nSPS) is 10.7. The number of fused-ring (bicyclic) bond motifs is 1. The Morgan fingerprint density at radius 2 is 1.78 bits per heavy atom. The Morgan fingerprint density at radius 1 is 1.03 bits per heavy atom. The van der Waals surface area contributed by atoms with Gasteiger partial charge in [0.25, 0.3) is 5.91 Å². The summed E-state index contributed by atoms with van der Waals surface area (Å²) in [5.74, 6) is -0.275. The van der Waals surface area contributed by atoms with E-state index in [9.17, 15) is 14.4 Å². The van der Waals surface area contributed by atoms with Crippen molar-refractivity contribution >= 4 is 34.9 Å². The average molecular weight is 501 g/mol. The molecule has 10 nitrogen and oxygen atoms in total. The van der Waals surface area contributed by atoms with Crippen LogP contribution in [0.3, 0.4) is 0 Å². The minimum atomic E-state index is -0.434. The van der Waals surface area contributed by atoms with Crippen molar-refractivity contribution in [2.75, 3.05) is 24.3 Å².